The van der Waals surface area contributed by atoms with E-state index in [0.717, 1.165) is 12.2 Å². The molecule has 1 aliphatic heterocycles. The first-order valence-electron chi connectivity index (χ1n) is 20.8. The fourth-order valence-electron chi connectivity index (χ4n) is 7.11. The molecule has 1 fully saturated rings. The third-order valence-electron chi connectivity index (χ3n) is 10.3. The molecule has 342 valence electrons. The highest BCUT2D eigenvalue weighted by atomic mass is 16.6. The predicted molar refractivity (Wildman–Crippen MR) is 242 cm³/mol. The topological polar surface area (TPSA) is 201 Å². The molecule has 0 N–H and O–H groups in total. The predicted octanol–water partition coefficient (Wildman–Crippen LogP) is 7.63. The molecule has 0 aliphatic carbocycles. The largest absolute Gasteiger partial charge is 0.497 e. The number of aryl methyl sites for hydroxylation is 2. The number of anilines is 4. The lowest BCUT2D eigenvalue weighted by molar-refractivity contribution is 0.189. The SMILES string of the molecule is COc1cc(OCCN(C)C)cc(N2CCN(C(=O)N(c3ccccc3OC(=O)N(C(=O)Oc3ccccc3)c3nc4cc(C)oc4nc3OC)c3nc4cc(C)oc4nc3OC)CC2)c1. The van der Waals surface area contributed by atoms with Gasteiger partial charge >= 0.3 is 18.2 Å². The molecule has 0 atom stereocenters. The number of carbonyl (C=O) groups is 3. The molecule has 5 heterocycles. The number of furan rings is 2. The zero-order valence-electron chi connectivity index (χ0n) is 37.3. The molecule has 7 aromatic rings. The van der Waals surface area contributed by atoms with Gasteiger partial charge in [0.25, 0.3) is 11.8 Å². The van der Waals surface area contributed by atoms with E-state index >= 15 is 4.79 Å². The molecule has 0 radical (unpaired) electrons. The maximum absolute atomic E-state index is 15.2. The van der Waals surface area contributed by atoms with E-state index in [1.54, 1.807) is 74.4 Å². The van der Waals surface area contributed by atoms with Crippen molar-refractivity contribution in [3.63, 3.8) is 0 Å². The zero-order valence-corrected chi connectivity index (χ0v) is 37.3. The van der Waals surface area contributed by atoms with Gasteiger partial charge in [-0.1, -0.05) is 30.3 Å². The van der Waals surface area contributed by atoms with Gasteiger partial charge in [0.2, 0.25) is 23.1 Å². The summed E-state index contributed by atoms with van der Waals surface area (Å²) in [5, 5.41) is 0. The quantitative estimate of drug-likeness (QED) is 0.109. The van der Waals surface area contributed by atoms with Crippen molar-refractivity contribution in [2.75, 3.05) is 89.5 Å². The van der Waals surface area contributed by atoms with E-state index in [4.69, 9.17) is 42.2 Å². The number of piperazine rings is 1. The number of hydrogen-bond donors (Lipinski definition) is 0. The number of amides is 4. The molecule has 3 aromatic carbocycles. The average molecular weight is 902 g/mol. The molecule has 8 rings (SSSR count). The van der Waals surface area contributed by atoms with Crippen LogP contribution in [0.25, 0.3) is 22.5 Å². The average Bonchev–Trinajstić information content (AvgIpc) is 3.88. The third-order valence-corrected chi connectivity index (χ3v) is 10.3. The maximum atomic E-state index is 15.2. The molecule has 1 aliphatic rings. The Bertz CT molecular complexity index is 2880. The Morgan fingerprint density at radius 3 is 1.88 bits per heavy atom. The first-order valence-corrected chi connectivity index (χ1v) is 20.8. The Hall–Kier alpha value is -8.13. The van der Waals surface area contributed by atoms with E-state index < -0.39 is 18.2 Å². The van der Waals surface area contributed by atoms with Gasteiger partial charge in [-0.3, -0.25) is 0 Å². The summed E-state index contributed by atoms with van der Waals surface area (Å²) in [6.45, 7) is 6.07. The van der Waals surface area contributed by atoms with Gasteiger partial charge in [0.15, 0.2) is 5.75 Å². The van der Waals surface area contributed by atoms with Crippen LogP contribution in [0.1, 0.15) is 11.5 Å². The van der Waals surface area contributed by atoms with Crippen LogP contribution in [0.15, 0.2) is 93.8 Å². The molecule has 20 heteroatoms. The Kier molecular flexibility index (Phi) is 13.0. The summed E-state index contributed by atoms with van der Waals surface area (Å²) in [7, 11) is 8.23. The van der Waals surface area contributed by atoms with E-state index in [-0.39, 0.29) is 70.6 Å². The van der Waals surface area contributed by atoms with Gasteiger partial charge in [-0.05, 0) is 52.2 Å². The highest BCUT2D eigenvalue weighted by Crippen LogP contribution is 2.40. The van der Waals surface area contributed by atoms with Crippen molar-refractivity contribution in [3.05, 3.63) is 96.4 Å². The van der Waals surface area contributed by atoms with Gasteiger partial charge in [0.1, 0.15) is 46.4 Å². The fraction of sp³-hybridized carbons (Fsp3) is 0.283. The first-order chi connectivity index (χ1) is 31.9. The van der Waals surface area contributed by atoms with Crippen LogP contribution >= 0.6 is 0 Å². The van der Waals surface area contributed by atoms with E-state index in [1.807, 2.05) is 37.2 Å². The van der Waals surface area contributed by atoms with Crippen LogP contribution in [0.4, 0.5) is 37.4 Å². The molecule has 4 amide bonds. The van der Waals surface area contributed by atoms with Gasteiger partial charge in [0, 0.05) is 68.7 Å². The summed E-state index contributed by atoms with van der Waals surface area (Å²) in [4.78, 5) is 69.7. The number of aromatic nitrogens is 4. The second-order valence-electron chi connectivity index (χ2n) is 15.2. The molecule has 1 saturated heterocycles. The van der Waals surface area contributed by atoms with Crippen molar-refractivity contribution in [2.45, 2.75) is 13.8 Å². The molecular weight excluding hydrogens is 855 g/mol. The minimum Gasteiger partial charge on any atom is -0.497 e. The number of imide groups is 1. The standard InChI is InChI=1S/C46H47N9O11/c1-28-23-34-40(63-28)49-42(60-6)38(47-34)54(44(56)53-19-17-52(18-20-53)30-25-32(59-5)27-33(26-30)62-22-21-51(3)4)36-15-11-12-16-37(36)66-46(58)55(45(57)65-31-13-9-8-10-14-31)39-43(61-7)50-41-35(48-39)24-29(2)64-41/h8-16,23-27H,17-22H2,1-7H3. The Morgan fingerprint density at radius 2 is 1.24 bits per heavy atom. The van der Waals surface area contributed by atoms with E-state index in [9.17, 15) is 9.59 Å². The van der Waals surface area contributed by atoms with Crippen molar-refractivity contribution in [3.8, 4) is 34.8 Å². The lowest BCUT2D eigenvalue weighted by Gasteiger charge is -2.38. The number of para-hydroxylation sites is 3. The van der Waals surface area contributed by atoms with Crippen molar-refractivity contribution in [1.29, 1.82) is 0 Å². The Morgan fingerprint density at radius 1 is 0.652 bits per heavy atom. The summed E-state index contributed by atoms with van der Waals surface area (Å²) in [6.07, 6.45) is -2.47. The van der Waals surface area contributed by atoms with Crippen LogP contribution in [-0.4, -0.2) is 123 Å². The van der Waals surface area contributed by atoms with Gasteiger partial charge in [0.05, 0.1) is 27.0 Å². The first kappa shape index (κ1) is 44.5. The number of benzene rings is 3. The van der Waals surface area contributed by atoms with E-state index in [2.05, 4.69) is 19.9 Å². The van der Waals surface area contributed by atoms with Crippen LogP contribution in [0.3, 0.4) is 0 Å². The molecule has 4 aromatic heterocycles. The van der Waals surface area contributed by atoms with Crippen molar-refractivity contribution in [2.24, 2.45) is 0 Å². The van der Waals surface area contributed by atoms with Crippen LogP contribution < -0.4 is 43.1 Å². The minimum atomic E-state index is -1.28. The summed E-state index contributed by atoms with van der Waals surface area (Å²) in [6, 6.07) is 22.8. The van der Waals surface area contributed by atoms with Gasteiger partial charge < -0.3 is 52.0 Å². The number of rotatable bonds is 13. The maximum Gasteiger partial charge on any atom is 0.431 e. The summed E-state index contributed by atoms with van der Waals surface area (Å²) in [5.41, 5.74) is 1.77. The summed E-state index contributed by atoms with van der Waals surface area (Å²) >= 11 is 0. The van der Waals surface area contributed by atoms with Crippen molar-refractivity contribution < 1.29 is 51.6 Å². The normalized spacial score (nSPS) is 12.6. The molecular formula is C46H47N9O11. The molecule has 0 unspecified atom stereocenters. The number of methoxy groups -OCH3 is 3. The molecule has 0 saturated carbocycles. The van der Waals surface area contributed by atoms with Gasteiger partial charge in [-0.15, -0.1) is 0 Å². The Labute approximate surface area is 378 Å². The number of carbonyl (C=O) groups excluding carboxylic acids is 3. The van der Waals surface area contributed by atoms with E-state index in [1.165, 1.54) is 37.3 Å². The number of urea groups is 1. The third kappa shape index (κ3) is 9.53. The van der Waals surface area contributed by atoms with Crippen LogP contribution in [0, 0.1) is 13.8 Å². The van der Waals surface area contributed by atoms with Crippen molar-refractivity contribution in [1.82, 2.24) is 29.7 Å². The highest BCUT2D eigenvalue weighted by Gasteiger charge is 2.37. The molecule has 66 heavy (non-hydrogen) atoms. The number of nitrogens with zero attached hydrogens (tertiary/aromatic N) is 9. The Balaban J connectivity index is 1.15. The second-order valence-corrected chi connectivity index (χ2v) is 15.2. The monoisotopic (exact) mass is 901 g/mol. The summed E-state index contributed by atoms with van der Waals surface area (Å²) in [5.74, 6) is 1.59. The molecule has 20 nitrogen and oxygen atoms in total. The summed E-state index contributed by atoms with van der Waals surface area (Å²) < 4.78 is 46.0. The van der Waals surface area contributed by atoms with Crippen LogP contribution in [-0.2, 0) is 0 Å². The van der Waals surface area contributed by atoms with Crippen molar-refractivity contribution >= 4 is 63.7 Å². The smallest absolute Gasteiger partial charge is 0.431 e. The number of ether oxygens (including phenoxy) is 6. The van der Waals surface area contributed by atoms with Gasteiger partial charge in [-0.2, -0.15) is 14.9 Å². The highest BCUT2D eigenvalue weighted by molar-refractivity contribution is 6.11. The zero-order chi connectivity index (χ0) is 46.5. The number of likely N-dealkylation sites (N-methyl/N-ethyl adjacent to an activating group) is 1. The fourth-order valence-corrected chi connectivity index (χ4v) is 7.11. The lowest BCUT2D eigenvalue weighted by atomic mass is 10.2. The lowest BCUT2D eigenvalue weighted by Crippen LogP contribution is -2.52. The minimum absolute atomic E-state index is 0.0253. The number of fused-ring (bicyclic) bond motifs is 2. The number of hydrogen-bond acceptors (Lipinski definition) is 17. The van der Waals surface area contributed by atoms with E-state index in [0.29, 0.717) is 53.1 Å². The molecule has 0 spiro atoms. The molecule has 0 bridgehead atoms. The van der Waals surface area contributed by atoms with Crippen LogP contribution in [0.2, 0.25) is 0 Å². The van der Waals surface area contributed by atoms with Crippen LogP contribution in [0.5, 0.6) is 34.8 Å². The van der Waals surface area contributed by atoms with Gasteiger partial charge in [-0.25, -0.2) is 29.3 Å². The second kappa shape index (κ2) is 19.3.